The van der Waals surface area contributed by atoms with Gasteiger partial charge in [-0.1, -0.05) is 31.7 Å². The van der Waals surface area contributed by atoms with Gasteiger partial charge in [-0.05, 0) is 42.9 Å². The summed E-state index contributed by atoms with van der Waals surface area (Å²) in [5, 5.41) is 3.02. The number of methoxy groups -OCH3 is 1. The van der Waals surface area contributed by atoms with Crippen molar-refractivity contribution in [3.63, 3.8) is 0 Å². The van der Waals surface area contributed by atoms with E-state index in [4.69, 9.17) is 14.2 Å². The van der Waals surface area contributed by atoms with E-state index in [1.807, 2.05) is 18.2 Å². The Kier molecular flexibility index (Phi) is 7.18. The van der Waals surface area contributed by atoms with E-state index in [0.717, 1.165) is 43.1 Å². The average molecular weight is 361 g/mol. The number of carbonyl (C=O) groups excluding carboxylic acids is 1. The standard InChI is InChI=1S/C21H31NO4/c1-24-20-13-17(8-10-19(20)26-15-18-7-4-12-25-18)14-22-21(23)11-9-16-5-2-3-6-16/h8,10,13,16,18H,2-7,9,11-12,14-15H2,1H3,(H,22,23). The summed E-state index contributed by atoms with van der Waals surface area (Å²) in [7, 11) is 1.64. The minimum atomic E-state index is 0.134. The molecule has 1 amide bonds. The van der Waals surface area contributed by atoms with Gasteiger partial charge in [-0.15, -0.1) is 0 Å². The van der Waals surface area contributed by atoms with Gasteiger partial charge in [-0.25, -0.2) is 0 Å². The van der Waals surface area contributed by atoms with Crippen LogP contribution in [-0.2, 0) is 16.1 Å². The summed E-state index contributed by atoms with van der Waals surface area (Å²) in [6, 6.07) is 5.82. The Morgan fingerprint density at radius 1 is 1.19 bits per heavy atom. The van der Waals surface area contributed by atoms with Gasteiger partial charge in [0.05, 0.1) is 13.2 Å². The molecule has 2 fully saturated rings. The Bertz CT molecular complexity index is 577. The van der Waals surface area contributed by atoms with Crippen molar-refractivity contribution in [2.75, 3.05) is 20.3 Å². The summed E-state index contributed by atoms with van der Waals surface area (Å²) in [4.78, 5) is 12.1. The molecule has 144 valence electrons. The minimum absolute atomic E-state index is 0.134. The topological polar surface area (TPSA) is 56.8 Å². The normalized spacial score (nSPS) is 20.3. The van der Waals surface area contributed by atoms with E-state index >= 15 is 0 Å². The van der Waals surface area contributed by atoms with Crippen molar-refractivity contribution < 1.29 is 19.0 Å². The summed E-state index contributed by atoms with van der Waals surface area (Å²) in [5.74, 6) is 2.30. The molecule has 1 saturated heterocycles. The molecule has 26 heavy (non-hydrogen) atoms. The van der Waals surface area contributed by atoms with Gasteiger partial charge in [0, 0.05) is 19.6 Å². The van der Waals surface area contributed by atoms with Gasteiger partial charge in [-0.2, -0.15) is 0 Å². The van der Waals surface area contributed by atoms with Crippen LogP contribution in [-0.4, -0.2) is 32.3 Å². The molecule has 1 aromatic rings. The molecule has 1 aromatic carbocycles. The van der Waals surface area contributed by atoms with Gasteiger partial charge in [0.2, 0.25) is 5.91 Å². The summed E-state index contributed by atoms with van der Waals surface area (Å²) in [5.41, 5.74) is 1.01. The second kappa shape index (κ2) is 9.81. The van der Waals surface area contributed by atoms with E-state index in [1.165, 1.54) is 25.7 Å². The van der Waals surface area contributed by atoms with Crippen molar-refractivity contribution in [1.82, 2.24) is 5.32 Å². The van der Waals surface area contributed by atoms with Crippen LogP contribution in [0.25, 0.3) is 0 Å². The molecule has 1 heterocycles. The number of hydrogen-bond acceptors (Lipinski definition) is 4. The van der Waals surface area contributed by atoms with Crippen molar-refractivity contribution in [3.8, 4) is 11.5 Å². The lowest BCUT2D eigenvalue weighted by molar-refractivity contribution is -0.121. The summed E-state index contributed by atoms with van der Waals surface area (Å²) in [6.45, 7) is 1.89. The predicted molar refractivity (Wildman–Crippen MR) is 101 cm³/mol. The molecule has 1 unspecified atom stereocenters. The molecule has 2 aliphatic rings. The molecular formula is C21H31NO4. The second-order valence-electron chi connectivity index (χ2n) is 7.40. The molecule has 5 nitrogen and oxygen atoms in total. The first-order chi connectivity index (χ1) is 12.7. The Balaban J connectivity index is 1.44. The maximum absolute atomic E-state index is 12.1. The first kappa shape index (κ1) is 19.0. The van der Waals surface area contributed by atoms with Crippen LogP contribution in [0.15, 0.2) is 18.2 Å². The number of benzene rings is 1. The number of hydrogen-bond donors (Lipinski definition) is 1. The third kappa shape index (κ3) is 5.63. The van der Waals surface area contributed by atoms with Gasteiger partial charge < -0.3 is 19.5 Å². The summed E-state index contributed by atoms with van der Waals surface area (Å²) < 4.78 is 16.9. The molecule has 0 spiro atoms. The lowest BCUT2D eigenvalue weighted by Gasteiger charge is -2.15. The van der Waals surface area contributed by atoms with Gasteiger partial charge in [0.25, 0.3) is 0 Å². The number of rotatable bonds is 9. The van der Waals surface area contributed by atoms with Crippen molar-refractivity contribution in [3.05, 3.63) is 23.8 Å². The predicted octanol–water partition coefficient (Wildman–Crippen LogP) is 3.84. The van der Waals surface area contributed by atoms with Crippen molar-refractivity contribution in [2.24, 2.45) is 5.92 Å². The zero-order chi connectivity index (χ0) is 18.2. The molecule has 1 aliphatic carbocycles. The van der Waals surface area contributed by atoms with Gasteiger partial charge in [0.15, 0.2) is 11.5 Å². The number of nitrogens with one attached hydrogen (secondary N) is 1. The minimum Gasteiger partial charge on any atom is -0.493 e. The van der Waals surface area contributed by atoms with Crippen LogP contribution in [0.4, 0.5) is 0 Å². The SMILES string of the molecule is COc1cc(CNC(=O)CCC2CCCC2)ccc1OCC1CCCO1. The van der Waals surface area contributed by atoms with Crippen LogP contribution in [0.2, 0.25) is 0 Å². The molecule has 1 aliphatic heterocycles. The number of amides is 1. The van der Waals surface area contributed by atoms with Crippen molar-refractivity contribution in [1.29, 1.82) is 0 Å². The summed E-state index contributed by atoms with van der Waals surface area (Å²) in [6.07, 6.45) is 9.21. The van der Waals surface area contributed by atoms with Gasteiger partial charge >= 0.3 is 0 Å². The fourth-order valence-electron chi connectivity index (χ4n) is 3.82. The largest absolute Gasteiger partial charge is 0.493 e. The molecule has 1 atom stereocenters. The zero-order valence-corrected chi connectivity index (χ0v) is 15.8. The maximum Gasteiger partial charge on any atom is 0.220 e. The van der Waals surface area contributed by atoms with E-state index in [9.17, 15) is 4.79 Å². The summed E-state index contributed by atoms with van der Waals surface area (Å²) >= 11 is 0. The highest BCUT2D eigenvalue weighted by Crippen LogP contribution is 2.30. The third-order valence-corrected chi connectivity index (χ3v) is 5.42. The highest BCUT2D eigenvalue weighted by atomic mass is 16.5. The highest BCUT2D eigenvalue weighted by Gasteiger charge is 2.18. The van der Waals surface area contributed by atoms with E-state index in [2.05, 4.69) is 5.32 Å². The first-order valence-electron chi connectivity index (χ1n) is 9.92. The maximum atomic E-state index is 12.1. The van der Waals surface area contributed by atoms with Crippen molar-refractivity contribution in [2.45, 2.75) is 64.0 Å². The van der Waals surface area contributed by atoms with Crippen molar-refractivity contribution >= 4 is 5.91 Å². The molecule has 0 bridgehead atoms. The Morgan fingerprint density at radius 2 is 2.04 bits per heavy atom. The lowest BCUT2D eigenvalue weighted by Crippen LogP contribution is -2.23. The van der Waals surface area contributed by atoms with Crippen LogP contribution in [0.5, 0.6) is 11.5 Å². The molecule has 3 rings (SSSR count). The van der Waals surface area contributed by atoms with E-state index in [1.54, 1.807) is 7.11 Å². The van der Waals surface area contributed by atoms with Gasteiger partial charge in [-0.3, -0.25) is 4.79 Å². The first-order valence-corrected chi connectivity index (χ1v) is 9.92. The fraction of sp³-hybridized carbons (Fsp3) is 0.667. The molecular weight excluding hydrogens is 330 g/mol. The van der Waals surface area contributed by atoms with Crippen LogP contribution < -0.4 is 14.8 Å². The molecule has 1 N–H and O–H groups in total. The lowest BCUT2D eigenvalue weighted by atomic mass is 10.0. The second-order valence-corrected chi connectivity index (χ2v) is 7.40. The van der Waals surface area contributed by atoms with E-state index in [-0.39, 0.29) is 12.0 Å². The quantitative estimate of drug-likeness (QED) is 0.726. The van der Waals surface area contributed by atoms with Crippen LogP contribution >= 0.6 is 0 Å². The average Bonchev–Trinajstić information content (AvgIpc) is 3.37. The zero-order valence-electron chi connectivity index (χ0n) is 15.8. The number of carbonyl (C=O) groups is 1. The molecule has 0 aromatic heterocycles. The van der Waals surface area contributed by atoms with Gasteiger partial charge in [0.1, 0.15) is 6.61 Å². The molecule has 1 saturated carbocycles. The van der Waals surface area contributed by atoms with E-state index in [0.29, 0.717) is 25.3 Å². The Morgan fingerprint density at radius 3 is 2.77 bits per heavy atom. The molecule has 0 radical (unpaired) electrons. The monoisotopic (exact) mass is 361 g/mol. The van der Waals surface area contributed by atoms with Crippen LogP contribution in [0.1, 0.15) is 56.9 Å². The molecule has 5 heteroatoms. The third-order valence-electron chi connectivity index (χ3n) is 5.42. The van der Waals surface area contributed by atoms with Crippen LogP contribution in [0, 0.1) is 5.92 Å². The number of ether oxygens (including phenoxy) is 3. The fourth-order valence-corrected chi connectivity index (χ4v) is 3.82. The Labute approximate surface area is 156 Å². The van der Waals surface area contributed by atoms with Crippen LogP contribution in [0.3, 0.4) is 0 Å². The Hall–Kier alpha value is -1.75. The smallest absolute Gasteiger partial charge is 0.220 e. The highest BCUT2D eigenvalue weighted by molar-refractivity contribution is 5.75. The van der Waals surface area contributed by atoms with E-state index < -0.39 is 0 Å².